The molecule has 0 aliphatic heterocycles. The van der Waals surface area contributed by atoms with Gasteiger partial charge in [0.15, 0.2) is 0 Å². The van der Waals surface area contributed by atoms with Gasteiger partial charge in [-0.25, -0.2) is 0 Å². The van der Waals surface area contributed by atoms with Gasteiger partial charge in [-0.05, 0) is 31.0 Å². The maximum Gasteiger partial charge on any atom is 0.251 e. The number of carbonyl (C=O) groups excluding carboxylic acids is 1. The molecule has 5 heteroatoms. The van der Waals surface area contributed by atoms with Gasteiger partial charge in [-0.2, -0.15) is 0 Å². The second-order valence-corrected chi connectivity index (χ2v) is 4.67. The minimum atomic E-state index is -0.148. The molecule has 0 fully saturated rings. The van der Waals surface area contributed by atoms with E-state index < -0.39 is 0 Å². The number of benzene rings is 1. The average molecular weight is 286 g/mol. The fourth-order valence-corrected chi connectivity index (χ4v) is 2.02. The molecule has 19 heavy (non-hydrogen) atoms. The Balaban J connectivity index is 2.76. The van der Waals surface area contributed by atoms with Crippen LogP contribution in [0.15, 0.2) is 18.2 Å². The zero-order chi connectivity index (χ0) is 14.3. The van der Waals surface area contributed by atoms with E-state index in [1.807, 2.05) is 13.0 Å². The maximum atomic E-state index is 12.1. The number of carbonyl (C=O) groups is 1. The Hall–Kier alpha value is -1.26. The van der Waals surface area contributed by atoms with Crippen molar-refractivity contribution in [2.24, 2.45) is 0 Å². The van der Waals surface area contributed by atoms with Crippen molar-refractivity contribution in [3.63, 3.8) is 0 Å². The van der Waals surface area contributed by atoms with E-state index in [1.54, 1.807) is 26.4 Å². The number of aryl methyl sites for hydroxylation is 1. The lowest BCUT2D eigenvalue weighted by molar-refractivity contribution is 0.0895. The third kappa shape index (κ3) is 4.73. The van der Waals surface area contributed by atoms with E-state index in [2.05, 4.69) is 5.32 Å². The van der Waals surface area contributed by atoms with Crippen LogP contribution in [0.1, 0.15) is 22.3 Å². The molecule has 0 saturated carbocycles. The van der Waals surface area contributed by atoms with E-state index in [1.165, 1.54) is 0 Å². The van der Waals surface area contributed by atoms with Crippen molar-refractivity contribution in [3.8, 4) is 5.75 Å². The van der Waals surface area contributed by atoms with Crippen LogP contribution in [0.4, 0.5) is 0 Å². The first-order valence-electron chi connectivity index (χ1n) is 6.12. The lowest BCUT2D eigenvalue weighted by Gasteiger charge is -2.17. The molecule has 0 bridgehead atoms. The zero-order valence-corrected chi connectivity index (χ0v) is 12.3. The van der Waals surface area contributed by atoms with Crippen molar-refractivity contribution in [2.45, 2.75) is 19.4 Å². The van der Waals surface area contributed by atoms with Crippen LogP contribution in [-0.2, 0) is 4.74 Å². The summed E-state index contributed by atoms with van der Waals surface area (Å²) in [5, 5.41) is 2.90. The monoisotopic (exact) mass is 285 g/mol. The Kier molecular flexibility index (Phi) is 6.67. The van der Waals surface area contributed by atoms with Gasteiger partial charge in [-0.15, -0.1) is 11.6 Å². The minimum Gasteiger partial charge on any atom is -0.496 e. The van der Waals surface area contributed by atoms with Gasteiger partial charge in [-0.3, -0.25) is 4.79 Å². The van der Waals surface area contributed by atoms with Gasteiger partial charge >= 0.3 is 0 Å². The van der Waals surface area contributed by atoms with Crippen molar-refractivity contribution in [3.05, 3.63) is 29.3 Å². The molecule has 0 saturated heterocycles. The number of hydrogen-bond donors (Lipinski definition) is 1. The molecule has 1 amide bonds. The van der Waals surface area contributed by atoms with Crippen LogP contribution in [0.25, 0.3) is 0 Å². The zero-order valence-electron chi connectivity index (χ0n) is 11.5. The summed E-state index contributed by atoms with van der Waals surface area (Å²) in [7, 11) is 3.19. The topological polar surface area (TPSA) is 47.6 Å². The number of hydrogen-bond acceptors (Lipinski definition) is 3. The minimum absolute atomic E-state index is 0.0812. The highest BCUT2D eigenvalue weighted by Gasteiger charge is 2.14. The Labute approximate surface area is 119 Å². The van der Waals surface area contributed by atoms with E-state index in [0.717, 1.165) is 5.56 Å². The highest BCUT2D eigenvalue weighted by atomic mass is 35.5. The summed E-state index contributed by atoms with van der Waals surface area (Å²) in [6, 6.07) is 5.29. The van der Waals surface area contributed by atoms with Gasteiger partial charge in [0.2, 0.25) is 0 Å². The summed E-state index contributed by atoms with van der Waals surface area (Å²) in [6.07, 6.45) is 0.671. The summed E-state index contributed by atoms with van der Waals surface area (Å²) in [5.41, 5.74) is 1.56. The number of methoxy groups -OCH3 is 2. The standard InChI is InChI=1S/C14H20ClNO3/c1-10-4-5-11(8-13(10)19-3)14(17)16-12(6-7-15)9-18-2/h4-5,8,12H,6-7,9H2,1-3H3,(H,16,17). The van der Waals surface area contributed by atoms with Crippen LogP contribution in [0.2, 0.25) is 0 Å². The third-order valence-electron chi connectivity index (χ3n) is 2.83. The normalized spacial score (nSPS) is 12.0. The second kappa shape index (κ2) is 8.02. The van der Waals surface area contributed by atoms with E-state index in [0.29, 0.717) is 30.2 Å². The van der Waals surface area contributed by atoms with Gasteiger partial charge in [0.25, 0.3) is 5.91 Å². The van der Waals surface area contributed by atoms with Gasteiger partial charge in [0, 0.05) is 18.6 Å². The first kappa shape index (κ1) is 15.8. The molecule has 0 aromatic heterocycles. The Morgan fingerprint density at radius 1 is 1.42 bits per heavy atom. The van der Waals surface area contributed by atoms with Crippen LogP contribution >= 0.6 is 11.6 Å². The van der Waals surface area contributed by atoms with E-state index in [-0.39, 0.29) is 11.9 Å². The summed E-state index contributed by atoms with van der Waals surface area (Å²) >= 11 is 5.70. The second-order valence-electron chi connectivity index (χ2n) is 4.29. The Morgan fingerprint density at radius 2 is 2.16 bits per heavy atom. The fourth-order valence-electron chi connectivity index (χ4n) is 1.76. The van der Waals surface area contributed by atoms with Gasteiger partial charge in [0.05, 0.1) is 19.8 Å². The highest BCUT2D eigenvalue weighted by molar-refractivity contribution is 6.17. The SMILES string of the molecule is COCC(CCCl)NC(=O)c1ccc(C)c(OC)c1. The molecule has 1 N–H and O–H groups in total. The van der Waals surface area contributed by atoms with Gasteiger partial charge < -0.3 is 14.8 Å². The van der Waals surface area contributed by atoms with Crippen molar-refractivity contribution in [2.75, 3.05) is 26.7 Å². The molecule has 1 atom stereocenters. The molecule has 106 valence electrons. The third-order valence-corrected chi connectivity index (χ3v) is 3.05. The molecule has 0 spiro atoms. The number of nitrogens with one attached hydrogen (secondary N) is 1. The average Bonchev–Trinajstić information content (AvgIpc) is 2.39. The Morgan fingerprint density at radius 3 is 2.74 bits per heavy atom. The predicted molar refractivity (Wildman–Crippen MR) is 76.2 cm³/mol. The van der Waals surface area contributed by atoms with Crippen molar-refractivity contribution < 1.29 is 14.3 Å². The molecule has 1 unspecified atom stereocenters. The number of amides is 1. The molecule has 0 aliphatic rings. The molecular weight excluding hydrogens is 266 g/mol. The molecule has 0 radical (unpaired) electrons. The Bertz CT molecular complexity index is 417. The number of halogens is 1. The van der Waals surface area contributed by atoms with E-state index in [4.69, 9.17) is 21.1 Å². The smallest absolute Gasteiger partial charge is 0.251 e. The van der Waals surface area contributed by atoms with Crippen molar-refractivity contribution in [1.82, 2.24) is 5.32 Å². The van der Waals surface area contributed by atoms with Crippen molar-refractivity contribution >= 4 is 17.5 Å². The lowest BCUT2D eigenvalue weighted by Crippen LogP contribution is -2.38. The molecule has 4 nitrogen and oxygen atoms in total. The lowest BCUT2D eigenvalue weighted by atomic mass is 10.1. The summed E-state index contributed by atoms with van der Waals surface area (Å²) in [5.74, 6) is 1.03. The van der Waals surface area contributed by atoms with Gasteiger partial charge in [0.1, 0.15) is 5.75 Å². The van der Waals surface area contributed by atoms with Crippen LogP contribution in [0.3, 0.4) is 0 Å². The first-order chi connectivity index (χ1) is 9.12. The van der Waals surface area contributed by atoms with Crippen LogP contribution < -0.4 is 10.1 Å². The molecule has 1 aromatic rings. The maximum absolute atomic E-state index is 12.1. The molecule has 1 rings (SSSR count). The summed E-state index contributed by atoms with van der Waals surface area (Å²) in [6.45, 7) is 2.38. The fraction of sp³-hybridized carbons (Fsp3) is 0.500. The van der Waals surface area contributed by atoms with Crippen LogP contribution in [0.5, 0.6) is 5.75 Å². The highest BCUT2D eigenvalue weighted by Crippen LogP contribution is 2.19. The molecular formula is C14H20ClNO3. The molecule has 0 aliphatic carbocycles. The quantitative estimate of drug-likeness (QED) is 0.783. The summed E-state index contributed by atoms with van der Waals surface area (Å²) in [4.78, 5) is 12.1. The number of rotatable bonds is 7. The van der Waals surface area contributed by atoms with E-state index in [9.17, 15) is 4.79 Å². The van der Waals surface area contributed by atoms with Crippen LogP contribution in [-0.4, -0.2) is 38.7 Å². The largest absolute Gasteiger partial charge is 0.496 e. The van der Waals surface area contributed by atoms with E-state index >= 15 is 0 Å². The van der Waals surface area contributed by atoms with Crippen molar-refractivity contribution in [1.29, 1.82) is 0 Å². The molecule has 1 aromatic carbocycles. The van der Waals surface area contributed by atoms with Crippen LogP contribution in [0, 0.1) is 6.92 Å². The first-order valence-corrected chi connectivity index (χ1v) is 6.66. The predicted octanol–water partition coefficient (Wildman–Crippen LogP) is 2.38. The number of alkyl halides is 1. The van der Waals surface area contributed by atoms with Gasteiger partial charge in [-0.1, -0.05) is 6.07 Å². The summed E-state index contributed by atoms with van der Waals surface area (Å²) < 4.78 is 10.3. The molecule has 0 heterocycles. The number of ether oxygens (including phenoxy) is 2.